The third kappa shape index (κ3) is 3.95. The van der Waals surface area contributed by atoms with Gasteiger partial charge in [-0.25, -0.2) is 0 Å². The molecule has 66 valence electrons. The molecule has 4 nitrogen and oxygen atoms in total. The molecule has 3 N–H and O–H groups in total. The molecule has 4 heteroatoms. The van der Waals surface area contributed by atoms with Gasteiger partial charge in [0.1, 0.15) is 0 Å². The Labute approximate surface area is 65.5 Å². The van der Waals surface area contributed by atoms with Crippen LogP contribution in [0.4, 0.5) is 0 Å². The smallest absolute Gasteiger partial charge is 0.306 e. The largest absolute Gasteiger partial charge is 0.481 e. The van der Waals surface area contributed by atoms with Gasteiger partial charge in [-0.05, 0) is 5.92 Å². The van der Waals surface area contributed by atoms with E-state index >= 15 is 0 Å². The predicted octanol–water partition coefficient (Wildman–Crippen LogP) is 0.0440. The maximum Gasteiger partial charge on any atom is 0.306 e. The predicted molar refractivity (Wildman–Crippen MR) is 38.8 cm³/mol. The van der Waals surface area contributed by atoms with Gasteiger partial charge in [0, 0.05) is 6.42 Å². The Kier molecular flexibility index (Phi) is 4.07. The quantitative estimate of drug-likeness (QED) is 0.510. The molecule has 11 heavy (non-hydrogen) atoms. The van der Waals surface area contributed by atoms with Crippen LogP contribution in [-0.4, -0.2) is 27.6 Å². The summed E-state index contributed by atoms with van der Waals surface area (Å²) in [4.78, 5) is 10.5. The summed E-state index contributed by atoms with van der Waals surface area (Å²) in [7, 11) is 0. The van der Waals surface area contributed by atoms with Gasteiger partial charge >= 0.3 is 5.97 Å². The van der Waals surface area contributed by atoms with Crippen molar-refractivity contribution in [1.82, 2.24) is 0 Å². The number of carboxylic acids is 1. The van der Waals surface area contributed by atoms with Gasteiger partial charge in [0.15, 0.2) is 6.29 Å². The summed E-state index contributed by atoms with van der Waals surface area (Å²) in [6.07, 6.45) is -1.63. The Hall–Kier alpha value is -0.610. The number of carboxylic acid groups (broad SMARTS) is 1. The normalized spacial score (nSPS) is 14.0. The van der Waals surface area contributed by atoms with Crippen molar-refractivity contribution in [3.8, 4) is 0 Å². The molecule has 0 radical (unpaired) electrons. The lowest BCUT2D eigenvalue weighted by atomic mass is 9.92. The Bertz CT molecular complexity index is 130. The molecule has 0 heterocycles. The van der Waals surface area contributed by atoms with Crippen LogP contribution in [0.25, 0.3) is 0 Å². The highest BCUT2D eigenvalue weighted by Gasteiger charge is 2.23. The average molecular weight is 162 g/mol. The van der Waals surface area contributed by atoms with Gasteiger partial charge in [-0.2, -0.15) is 0 Å². The average Bonchev–Trinajstić information content (AvgIpc) is 1.81. The number of aliphatic hydroxyl groups excluding tert-OH is 1. The fourth-order valence-electron chi connectivity index (χ4n) is 0.885. The van der Waals surface area contributed by atoms with Crippen LogP contribution in [0.15, 0.2) is 0 Å². The molecule has 0 saturated heterocycles. The van der Waals surface area contributed by atoms with E-state index < -0.39 is 18.2 Å². The standard InChI is InChI=1S/C7H14O4/c1-4(2)5(7(10)11)3-6(8)9/h4-6,8-9H,3H2,1-2H3,(H,10,11). The van der Waals surface area contributed by atoms with Gasteiger partial charge in [0.05, 0.1) is 5.92 Å². The van der Waals surface area contributed by atoms with E-state index in [0.29, 0.717) is 0 Å². The molecular formula is C7H14O4. The molecule has 0 bridgehead atoms. The summed E-state index contributed by atoms with van der Waals surface area (Å²) in [5.41, 5.74) is 0. The van der Waals surface area contributed by atoms with E-state index in [0.717, 1.165) is 0 Å². The van der Waals surface area contributed by atoms with Crippen LogP contribution in [0.1, 0.15) is 20.3 Å². The first-order valence-corrected chi connectivity index (χ1v) is 3.54. The van der Waals surface area contributed by atoms with E-state index in [2.05, 4.69) is 0 Å². The van der Waals surface area contributed by atoms with E-state index in [9.17, 15) is 4.79 Å². The molecule has 1 atom stereocenters. The van der Waals surface area contributed by atoms with E-state index in [1.807, 2.05) is 0 Å². The number of hydrogen-bond donors (Lipinski definition) is 3. The van der Waals surface area contributed by atoms with Gasteiger partial charge in [-0.3, -0.25) is 4.79 Å². The summed E-state index contributed by atoms with van der Waals surface area (Å²) < 4.78 is 0. The van der Waals surface area contributed by atoms with Crippen molar-refractivity contribution in [3.63, 3.8) is 0 Å². The fourth-order valence-corrected chi connectivity index (χ4v) is 0.885. The van der Waals surface area contributed by atoms with Gasteiger partial charge < -0.3 is 15.3 Å². The van der Waals surface area contributed by atoms with Crippen molar-refractivity contribution < 1.29 is 20.1 Å². The van der Waals surface area contributed by atoms with Crippen LogP contribution in [0.3, 0.4) is 0 Å². The Morgan fingerprint density at radius 3 is 1.91 bits per heavy atom. The maximum absolute atomic E-state index is 10.5. The fraction of sp³-hybridized carbons (Fsp3) is 0.857. The van der Waals surface area contributed by atoms with E-state index in [1.165, 1.54) is 0 Å². The van der Waals surface area contributed by atoms with Crippen LogP contribution in [0.5, 0.6) is 0 Å². The highest BCUT2D eigenvalue weighted by atomic mass is 16.5. The molecule has 0 aromatic heterocycles. The number of aliphatic carboxylic acids is 1. The van der Waals surface area contributed by atoms with E-state index in [1.54, 1.807) is 13.8 Å². The molecule has 1 unspecified atom stereocenters. The summed E-state index contributed by atoms with van der Waals surface area (Å²) in [6, 6.07) is 0. The molecule has 0 amide bonds. The molecule has 0 rings (SSSR count). The minimum absolute atomic E-state index is 0.0747. The summed E-state index contributed by atoms with van der Waals surface area (Å²) in [5, 5.41) is 25.6. The second-order valence-corrected chi connectivity index (χ2v) is 2.91. The molecule has 0 aromatic carbocycles. The van der Waals surface area contributed by atoms with Crippen molar-refractivity contribution in [3.05, 3.63) is 0 Å². The van der Waals surface area contributed by atoms with Gasteiger partial charge in [0.2, 0.25) is 0 Å². The first-order chi connectivity index (χ1) is 4.95. The second-order valence-electron chi connectivity index (χ2n) is 2.91. The molecule has 0 saturated carbocycles. The van der Waals surface area contributed by atoms with Crippen molar-refractivity contribution in [2.45, 2.75) is 26.6 Å². The Morgan fingerprint density at radius 2 is 1.82 bits per heavy atom. The monoisotopic (exact) mass is 162 g/mol. The highest BCUT2D eigenvalue weighted by molar-refractivity contribution is 5.70. The molecule has 0 aliphatic rings. The SMILES string of the molecule is CC(C)C(CC(O)O)C(=O)O. The summed E-state index contributed by atoms with van der Waals surface area (Å²) in [6.45, 7) is 3.47. The van der Waals surface area contributed by atoms with Crippen LogP contribution in [0.2, 0.25) is 0 Å². The van der Waals surface area contributed by atoms with Gasteiger partial charge in [-0.15, -0.1) is 0 Å². The first-order valence-electron chi connectivity index (χ1n) is 3.54. The zero-order valence-electron chi connectivity index (χ0n) is 6.69. The topological polar surface area (TPSA) is 77.8 Å². The van der Waals surface area contributed by atoms with Crippen molar-refractivity contribution in [2.24, 2.45) is 11.8 Å². The maximum atomic E-state index is 10.5. The molecule has 0 fully saturated rings. The van der Waals surface area contributed by atoms with Crippen molar-refractivity contribution in [1.29, 1.82) is 0 Å². The first kappa shape index (κ1) is 10.4. The third-order valence-corrected chi connectivity index (χ3v) is 1.59. The zero-order valence-corrected chi connectivity index (χ0v) is 6.69. The molecule has 0 aliphatic heterocycles. The zero-order chi connectivity index (χ0) is 9.02. The lowest BCUT2D eigenvalue weighted by Gasteiger charge is -2.16. The number of carbonyl (C=O) groups is 1. The van der Waals surface area contributed by atoms with E-state index in [-0.39, 0.29) is 12.3 Å². The van der Waals surface area contributed by atoms with E-state index in [4.69, 9.17) is 15.3 Å². The Balaban J connectivity index is 4.01. The van der Waals surface area contributed by atoms with Gasteiger partial charge in [0.25, 0.3) is 0 Å². The van der Waals surface area contributed by atoms with Crippen LogP contribution < -0.4 is 0 Å². The minimum atomic E-state index is -1.53. The highest BCUT2D eigenvalue weighted by Crippen LogP contribution is 2.16. The summed E-state index contributed by atoms with van der Waals surface area (Å²) in [5.74, 6) is -1.72. The molecule has 0 spiro atoms. The van der Waals surface area contributed by atoms with Crippen molar-refractivity contribution >= 4 is 5.97 Å². The minimum Gasteiger partial charge on any atom is -0.481 e. The van der Waals surface area contributed by atoms with Crippen LogP contribution >= 0.6 is 0 Å². The van der Waals surface area contributed by atoms with Gasteiger partial charge in [-0.1, -0.05) is 13.8 Å². The molecule has 0 aromatic rings. The Morgan fingerprint density at radius 1 is 1.36 bits per heavy atom. The molecular weight excluding hydrogens is 148 g/mol. The summed E-state index contributed by atoms with van der Waals surface area (Å²) >= 11 is 0. The van der Waals surface area contributed by atoms with Crippen LogP contribution in [-0.2, 0) is 4.79 Å². The lowest BCUT2D eigenvalue weighted by Crippen LogP contribution is -2.24. The number of hydrogen-bond acceptors (Lipinski definition) is 3. The molecule has 0 aliphatic carbocycles. The number of rotatable bonds is 4. The third-order valence-electron chi connectivity index (χ3n) is 1.59. The lowest BCUT2D eigenvalue weighted by molar-refractivity contribution is -0.148. The van der Waals surface area contributed by atoms with Crippen molar-refractivity contribution in [2.75, 3.05) is 0 Å². The second kappa shape index (κ2) is 4.31. The number of aliphatic hydroxyl groups is 2. The van der Waals surface area contributed by atoms with Crippen LogP contribution in [0, 0.1) is 11.8 Å².